The van der Waals surface area contributed by atoms with Gasteiger partial charge in [0.05, 0.1) is 12.1 Å². The maximum Gasteiger partial charge on any atom is 0.252 e. The van der Waals surface area contributed by atoms with Crippen LogP contribution < -0.4 is 11.3 Å². The summed E-state index contributed by atoms with van der Waals surface area (Å²) in [5.74, 6) is -0.0854. The molecule has 3 N–H and O–H groups in total. The smallest absolute Gasteiger partial charge is 0.252 e. The molecule has 2 aromatic heterocycles. The van der Waals surface area contributed by atoms with Gasteiger partial charge in [-0.25, -0.2) is 9.67 Å². The van der Waals surface area contributed by atoms with E-state index in [1.54, 1.807) is 20.8 Å². The first kappa shape index (κ1) is 13.0. The molecular weight excluding hydrogens is 246 g/mol. The summed E-state index contributed by atoms with van der Waals surface area (Å²) in [6.07, 6.45) is 0.119. The number of carbonyl (C=O) groups is 1. The molecule has 0 radical (unpaired) electrons. The van der Waals surface area contributed by atoms with Crippen LogP contribution in [0.25, 0.3) is 5.95 Å². The zero-order chi connectivity index (χ0) is 14.2. The number of nitrogens with two attached hydrogens (primary N) is 1. The molecular formula is C12H15N5O2. The van der Waals surface area contributed by atoms with Crippen molar-refractivity contribution in [3.05, 3.63) is 39.1 Å². The molecule has 7 heteroatoms. The molecule has 0 saturated heterocycles. The molecule has 7 nitrogen and oxygen atoms in total. The molecule has 0 aliphatic carbocycles. The van der Waals surface area contributed by atoms with Crippen molar-refractivity contribution in [3.63, 3.8) is 0 Å². The van der Waals surface area contributed by atoms with Crippen LogP contribution in [0.1, 0.15) is 22.6 Å². The van der Waals surface area contributed by atoms with E-state index in [-0.39, 0.29) is 12.0 Å². The predicted molar refractivity (Wildman–Crippen MR) is 69.1 cm³/mol. The summed E-state index contributed by atoms with van der Waals surface area (Å²) in [6.45, 7) is 5.32. The highest BCUT2D eigenvalue weighted by molar-refractivity contribution is 5.77. The van der Waals surface area contributed by atoms with Crippen molar-refractivity contribution in [2.75, 3.05) is 0 Å². The summed E-state index contributed by atoms with van der Waals surface area (Å²) in [5.41, 5.74) is 7.76. The van der Waals surface area contributed by atoms with Crippen LogP contribution in [0, 0.1) is 20.8 Å². The van der Waals surface area contributed by atoms with E-state index in [1.165, 1.54) is 10.7 Å². The van der Waals surface area contributed by atoms with Crippen molar-refractivity contribution >= 4 is 5.91 Å². The number of primary amides is 1. The zero-order valence-electron chi connectivity index (χ0n) is 11.0. The molecule has 0 atom stereocenters. The second-order valence-corrected chi connectivity index (χ2v) is 4.41. The first-order valence-electron chi connectivity index (χ1n) is 5.80. The molecule has 0 unspecified atom stereocenters. The van der Waals surface area contributed by atoms with Crippen molar-refractivity contribution < 1.29 is 4.79 Å². The highest BCUT2D eigenvalue weighted by Gasteiger charge is 2.15. The van der Waals surface area contributed by atoms with Gasteiger partial charge in [-0.3, -0.25) is 14.6 Å². The van der Waals surface area contributed by atoms with Crippen molar-refractivity contribution in [3.8, 4) is 5.95 Å². The van der Waals surface area contributed by atoms with Crippen LogP contribution in [0.3, 0.4) is 0 Å². The Morgan fingerprint density at radius 3 is 2.68 bits per heavy atom. The van der Waals surface area contributed by atoms with Gasteiger partial charge < -0.3 is 5.73 Å². The third kappa shape index (κ3) is 2.54. The minimum atomic E-state index is -0.420. The minimum Gasteiger partial charge on any atom is -0.369 e. The van der Waals surface area contributed by atoms with E-state index in [2.05, 4.69) is 15.1 Å². The normalized spacial score (nSPS) is 10.7. The van der Waals surface area contributed by atoms with Crippen LogP contribution in [0.5, 0.6) is 0 Å². The number of nitrogens with zero attached hydrogens (tertiary/aromatic N) is 3. The minimum absolute atomic E-state index is 0.119. The number of aromatic amines is 1. The lowest BCUT2D eigenvalue weighted by Gasteiger charge is -2.04. The third-order valence-electron chi connectivity index (χ3n) is 2.85. The van der Waals surface area contributed by atoms with Crippen LogP contribution >= 0.6 is 0 Å². The number of aryl methyl sites for hydroxylation is 2. The number of hydrogen-bond donors (Lipinski definition) is 2. The Labute approximate surface area is 109 Å². The quantitative estimate of drug-likeness (QED) is 0.805. The lowest BCUT2D eigenvalue weighted by atomic mass is 10.1. The second kappa shape index (κ2) is 4.68. The number of nitrogens with one attached hydrogen (secondary N) is 1. The average Bonchev–Trinajstić information content (AvgIpc) is 2.55. The summed E-state index contributed by atoms with van der Waals surface area (Å²) in [6, 6.07) is 1.40. The van der Waals surface area contributed by atoms with Gasteiger partial charge in [-0.1, -0.05) is 0 Å². The third-order valence-corrected chi connectivity index (χ3v) is 2.85. The van der Waals surface area contributed by atoms with Crippen LogP contribution in [-0.2, 0) is 11.2 Å². The molecule has 2 rings (SSSR count). The predicted octanol–water partition coefficient (Wildman–Crippen LogP) is -0.0913. The number of H-pyrrole nitrogens is 1. The average molecular weight is 261 g/mol. The Bertz CT molecular complexity index is 699. The Hall–Kier alpha value is -2.44. The molecule has 0 aliphatic heterocycles. The molecule has 0 spiro atoms. The second-order valence-electron chi connectivity index (χ2n) is 4.41. The molecule has 19 heavy (non-hydrogen) atoms. The van der Waals surface area contributed by atoms with Gasteiger partial charge in [0.2, 0.25) is 11.9 Å². The summed E-state index contributed by atoms with van der Waals surface area (Å²) in [5, 5.41) is 4.29. The Balaban J connectivity index is 2.57. The van der Waals surface area contributed by atoms with Crippen LogP contribution in [0.2, 0.25) is 0 Å². The largest absolute Gasteiger partial charge is 0.369 e. The van der Waals surface area contributed by atoms with Gasteiger partial charge in [-0.2, -0.15) is 5.10 Å². The van der Waals surface area contributed by atoms with Crippen molar-refractivity contribution in [2.24, 2.45) is 5.73 Å². The monoisotopic (exact) mass is 261 g/mol. The molecule has 0 aliphatic rings. The molecule has 2 heterocycles. The van der Waals surface area contributed by atoms with E-state index in [1.807, 2.05) is 0 Å². The van der Waals surface area contributed by atoms with Crippen molar-refractivity contribution in [2.45, 2.75) is 27.2 Å². The van der Waals surface area contributed by atoms with E-state index in [4.69, 9.17) is 5.73 Å². The lowest BCUT2D eigenvalue weighted by Crippen LogP contribution is -2.16. The first-order valence-corrected chi connectivity index (χ1v) is 5.80. The number of hydrogen-bond acceptors (Lipinski definition) is 4. The fourth-order valence-corrected chi connectivity index (χ4v) is 1.97. The molecule has 2 aromatic rings. The van der Waals surface area contributed by atoms with Gasteiger partial charge >= 0.3 is 0 Å². The van der Waals surface area contributed by atoms with Gasteiger partial charge in [0.1, 0.15) is 0 Å². The number of amides is 1. The summed E-state index contributed by atoms with van der Waals surface area (Å²) >= 11 is 0. The summed E-state index contributed by atoms with van der Waals surface area (Å²) < 4.78 is 1.52. The highest BCUT2D eigenvalue weighted by Crippen LogP contribution is 2.15. The first-order chi connectivity index (χ1) is 8.88. The van der Waals surface area contributed by atoms with E-state index < -0.39 is 5.91 Å². The van der Waals surface area contributed by atoms with Crippen LogP contribution in [-0.4, -0.2) is 25.7 Å². The Kier molecular flexibility index (Phi) is 3.20. The SMILES string of the molecule is Cc1cc(=O)[nH]c(-n2nc(C)c(CC(N)=O)c2C)n1. The molecule has 0 saturated carbocycles. The van der Waals surface area contributed by atoms with Crippen LogP contribution in [0.15, 0.2) is 10.9 Å². The zero-order valence-corrected chi connectivity index (χ0v) is 11.0. The van der Waals surface area contributed by atoms with Gasteiger partial charge in [0, 0.05) is 23.0 Å². The Morgan fingerprint density at radius 1 is 1.42 bits per heavy atom. The molecule has 0 fully saturated rings. The summed E-state index contributed by atoms with van der Waals surface area (Å²) in [4.78, 5) is 29.3. The molecule has 0 aromatic carbocycles. The lowest BCUT2D eigenvalue weighted by molar-refractivity contribution is -0.117. The number of rotatable bonds is 3. The van der Waals surface area contributed by atoms with Gasteiger partial charge in [-0.05, 0) is 20.8 Å². The van der Waals surface area contributed by atoms with E-state index >= 15 is 0 Å². The Morgan fingerprint density at radius 2 is 2.11 bits per heavy atom. The number of carbonyl (C=O) groups excluding carboxylic acids is 1. The van der Waals surface area contributed by atoms with Gasteiger partial charge in [0.25, 0.3) is 5.56 Å². The molecule has 1 amide bonds. The van der Waals surface area contributed by atoms with E-state index in [9.17, 15) is 9.59 Å². The fourth-order valence-electron chi connectivity index (χ4n) is 1.97. The maximum atomic E-state index is 11.5. The van der Waals surface area contributed by atoms with Gasteiger partial charge in [0.15, 0.2) is 0 Å². The topological polar surface area (TPSA) is 107 Å². The van der Waals surface area contributed by atoms with Gasteiger partial charge in [-0.15, -0.1) is 0 Å². The highest BCUT2D eigenvalue weighted by atomic mass is 16.1. The van der Waals surface area contributed by atoms with E-state index in [0.717, 1.165) is 11.3 Å². The van der Waals surface area contributed by atoms with Crippen molar-refractivity contribution in [1.82, 2.24) is 19.7 Å². The number of aromatic nitrogens is 4. The molecule has 100 valence electrons. The summed E-state index contributed by atoms with van der Waals surface area (Å²) in [7, 11) is 0. The van der Waals surface area contributed by atoms with Crippen molar-refractivity contribution in [1.29, 1.82) is 0 Å². The maximum absolute atomic E-state index is 11.5. The van der Waals surface area contributed by atoms with E-state index in [0.29, 0.717) is 17.3 Å². The fraction of sp³-hybridized carbons (Fsp3) is 0.333. The molecule has 0 bridgehead atoms. The standard InChI is InChI=1S/C12H15N5O2/c1-6-4-11(19)15-12(14-6)17-8(3)9(5-10(13)18)7(2)16-17/h4H,5H2,1-3H3,(H2,13,18)(H,14,15,19). The van der Waals surface area contributed by atoms with Crippen LogP contribution in [0.4, 0.5) is 0 Å².